The van der Waals surface area contributed by atoms with Gasteiger partial charge in [0.2, 0.25) is 0 Å². The van der Waals surface area contributed by atoms with Crippen molar-refractivity contribution in [1.82, 2.24) is 0 Å². The molecule has 5 heteroatoms. The van der Waals surface area contributed by atoms with Gasteiger partial charge in [0, 0.05) is 26.9 Å². The molecule has 0 radical (unpaired) electrons. The molecular weight excluding hydrogens is 307 g/mol. The van der Waals surface area contributed by atoms with Crippen molar-refractivity contribution in [1.29, 1.82) is 0 Å². The van der Waals surface area contributed by atoms with E-state index < -0.39 is 8.80 Å². The first-order chi connectivity index (χ1) is 6.47. The van der Waals surface area contributed by atoms with Gasteiger partial charge in [0.1, 0.15) is 0 Å². The van der Waals surface area contributed by atoms with E-state index in [0.717, 1.165) is 6.42 Å². The summed E-state index contributed by atoms with van der Waals surface area (Å²) in [4.78, 5) is 0. The third-order valence-corrected chi connectivity index (χ3v) is 5.46. The molecule has 1 atom stereocenters. The van der Waals surface area contributed by atoms with Crippen molar-refractivity contribution < 1.29 is 26.5 Å². The minimum absolute atomic E-state index is 0. The zero-order chi connectivity index (χ0) is 10.8. The SMILES string of the molecule is CC(C)OC(C)(C1=[C-]CC=C1)[SiH](C)C.Cl.Cl.[Ti]. The largest absolute Gasteiger partial charge is 0.375 e. The Morgan fingerprint density at radius 2 is 1.88 bits per heavy atom. The van der Waals surface area contributed by atoms with Gasteiger partial charge in [-0.1, -0.05) is 13.1 Å². The van der Waals surface area contributed by atoms with Crippen LogP contribution in [0, 0.1) is 6.08 Å². The Morgan fingerprint density at radius 1 is 1.35 bits per heavy atom. The van der Waals surface area contributed by atoms with E-state index in [1.165, 1.54) is 5.57 Å². The van der Waals surface area contributed by atoms with Crippen LogP contribution in [0.5, 0.6) is 0 Å². The van der Waals surface area contributed by atoms with Gasteiger partial charge in [-0.05, 0) is 20.8 Å². The first-order valence-electron chi connectivity index (χ1n) is 5.42. The van der Waals surface area contributed by atoms with Crippen LogP contribution in [0.25, 0.3) is 0 Å². The number of rotatable bonds is 4. The smallest absolute Gasteiger partial charge is 0.0709 e. The molecule has 1 aliphatic rings. The van der Waals surface area contributed by atoms with Gasteiger partial charge in [-0.15, -0.1) is 31.2 Å². The van der Waals surface area contributed by atoms with Gasteiger partial charge in [-0.2, -0.15) is 11.6 Å². The van der Waals surface area contributed by atoms with Crippen LogP contribution in [-0.4, -0.2) is 20.1 Å². The number of halogens is 2. The molecule has 1 aliphatic carbocycles. The van der Waals surface area contributed by atoms with Crippen LogP contribution >= 0.6 is 24.8 Å². The summed E-state index contributed by atoms with van der Waals surface area (Å²) in [7, 11) is -0.883. The molecule has 0 amide bonds. The van der Waals surface area contributed by atoms with Crippen LogP contribution < -0.4 is 0 Å². The van der Waals surface area contributed by atoms with E-state index >= 15 is 0 Å². The van der Waals surface area contributed by atoms with Crippen LogP contribution in [-0.2, 0) is 26.5 Å². The summed E-state index contributed by atoms with van der Waals surface area (Å²) in [6.45, 7) is 11.1. The summed E-state index contributed by atoms with van der Waals surface area (Å²) in [6, 6.07) is 0. The summed E-state index contributed by atoms with van der Waals surface area (Å²) in [5.74, 6) is 0. The first-order valence-corrected chi connectivity index (χ1v) is 8.31. The van der Waals surface area contributed by atoms with Crippen molar-refractivity contribution in [3.8, 4) is 0 Å². The fraction of sp³-hybridized carbons (Fsp3) is 0.667. The Labute approximate surface area is 135 Å². The van der Waals surface area contributed by atoms with Crippen molar-refractivity contribution in [2.45, 2.75) is 51.6 Å². The number of hydrogen-bond donors (Lipinski definition) is 0. The second kappa shape index (κ2) is 9.83. The molecule has 0 heterocycles. The van der Waals surface area contributed by atoms with Gasteiger partial charge in [0.15, 0.2) is 0 Å². The van der Waals surface area contributed by atoms with Gasteiger partial charge >= 0.3 is 0 Å². The van der Waals surface area contributed by atoms with Gasteiger partial charge < -0.3 is 4.74 Å². The predicted molar refractivity (Wildman–Crippen MR) is 78.5 cm³/mol. The maximum Gasteiger partial charge on any atom is 0.0709 e. The van der Waals surface area contributed by atoms with Crippen molar-refractivity contribution in [2.75, 3.05) is 0 Å². The third kappa shape index (κ3) is 6.09. The fourth-order valence-electron chi connectivity index (χ4n) is 1.75. The molecule has 1 rings (SSSR count). The minimum Gasteiger partial charge on any atom is -0.375 e. The standard InChI is InChI=1S/C12H21OSi.2ClH.Ti/c1-10(2)13-12(3,14(4)5)11-8-6-7-9-11;;;/h6,8,10,14H,7H2,1-5H3;2*1H;/q-1;;;. The van der Waals surface area contributed by atoms with E-state index in [0.29, 0.717) is 0 Å². The molecule has 100 valence electrons. The molecule has 0 aliphatic heterocycles. The number of allylic oxidation sites excluding steroid dienone is 2. The minimum atomic E-state index is -0.883. The quantitative estimate of drug-likeness (QED) is 0.564. The van der Waals surface area contributed by atoms with Gasteiger partial charge in [0.25, 0.3) is 0 Å². The third-order valence-electron chi connectivity index (χ3n) is 2.81. The Kier molecular flexibility index (Phi) is 13.3. The molecule has 0 aromatic carbocycles. The summed E-state index contributed by atoms with van der Waals surface area (Å²) in [6.07, 6.45) is 8.98. The van der Waals surface area contributed by atoms with Crippen molar-refractivity contribution in [3.05, 3.63) is 23.8 Å². The predicted octanol–water partition coefficient (Wildman–Crippen LogP) is 3.73. The topological polar surface area (TPSA) is 9.23 Å². The molecule has 0 bridgehead atoms. The Morgan fingerprint density at radius 3 is 2.18 bits per heavy atom. The second-order valence-electron chi connectivity index (χ2n) is 4.63. The molecule has 0 fully saturated rings. The molecule has 0 spiro atoms. The zero-order valence-corrected chi connectivity index (χ0v) is 15.6. The van der Waals surface area contributed by atoms with Gasteiger partial charge in [0.05, 0.1) is 14.9 Å². The normalized spacial score (nSPS) is 16.8. The van der Waals surface area contributed by atoms with Crippen LogP contribution in [0.15, 0.2) is 17.7 Å². The fourth-order valence-corrected chi connectivity index (χ4v) is 3.11. The van der Waals surface area contributed by atoms with E-state index in [2.05, 4.69) is 52.1 Å². The molecule has 0 aromatic heterocycles. The van der Waals surface area contributed by atoms with Crippen LogP contribution in [0.3, 0.4) is 0 Å². The molecule has 1 nitrogen and oxygen atoms in total. The summed E-state index contributed by atoms with van der Waals surface area (Å²) < 4.78 is 6.09. The van der Waals surface area contributed by atoms with Crippen molar-refractivity contribution >= 4 is 33.6 Å². The van der Waals surface area contributed by atoms with E-state index in [9.17, 15) is 0 Å². The van der Waals surface area contributed by atoms with E-state index in [1.54, 1.807) is 0 Å². The maximum absolute atomic E-state index is 6.09. The van der Waals surface area contributed by atoms with E-state index in [4.69, 9.17) is 4.74 Å². The monoisotopic (exact) mass is 329 g/mol. The molecular formula is C12H23Cl2OSiTi-. The molecule has 0 aromatic rings. The Balaban J connectivity index is -0.000000653. The number of hydrogen-bond acceptors (Lipinski definition) is 1. The van der Waals surface area contributed by atoms with E-state index in [1.807, 2.05) is 0 Å². The number of ether oxygens (including phenoxy) is 1. The Bertz CT molecular complexity index is 267. The second-order valence-corrected chi connectivity index (χ2v) is 8.04. The summed E-state index contributed by atoms with van der Waals surface area (Å²) >= 11 is 0. The summed E-state index contributed by atoms with van der Waals surface area (Å²) in [5, 5.41) is -0.0405. The van der Waals surface area contributed by atoms with Crippen molar-refractivity contribution in [3.63, 3.8) is 0 Å². The van der Waals surface area contributed by atoms with Gasteiger partial charge in [-0.3, -0.25) is 6.08 Å². The molecule has 1 unspecified atom stereocenters. The molecule has 0 saturated heterocycles. The van der Waals surface area contributed by atoms with Crippen LogP contribution in [0.1, 0.15) is 27.2 Å². The average molecular weight is 330 g/mol. The molecule has 0 saturated carbocycles. The van der Waals surface area contributed by atoms with Crippen LogP contribution in [0.2, 0.25) is 13.1 Å². The molecule has 0 N–H and O–H groups in total. The summed E-state index contributed by atoms with van der Waals surface area (Å²) in [5.41, 5.74) is 1.27. The van der Waals surface area contributed by atoms with Crippen LogP contribution in [0.4, 0.5) is 0 Å². The zero-order valence-electron chi connectivity index (χ0n) is 11.2. The molecule has 17 heavy (non-hydrogen) atoms. The first kappa shape index (κ1) is 23.1. The maximum atomic E-state index is 6.09. The van der Waals surface area contributed by atoms with E-state index in [-0.39, 0.29) is 57.9 Å². The van der Waals surface area contributed by atoms with Crippen molar-refractivity contribution in [2.24, 2.45) is 0 Å². The Hall–Kier alpha value is 0.951. The average Bonchev–Trinajstić information content (AvgIpc) is 2.53. The van der Waals surface area contributed by atoms with Gasteiger partial charge in [-0.25, -0.2) is 6.08 Å².